The van der Waals surface area contributed by atoms with Crippen LogP contribution >= 0.6 is 11.6 Å². The summed E-state index contributed by atoms with van der Waals surface area (Å²) in [5, 5.41) is 0.753. The molecule has 2 fully saturated rings. The van der Waals surface area contributed by atoms with E-state index in [4.69, 9.17) is 22.1 Å². The van der Waals surface area contributed by atoms with Gasteiger partial charge >= 0.3 is 5.97 Å². The number of halogens is 1. The van der Waals surface area contributed by atoms with E-state index in [9.17, 15) is 9.59 Å². The van der Waals surface area contributed by atoms with Crippen molar-refractivity contribution in [2.24, 2.45) is 16.6 Å². The number of carbonyl (C=O) groups excluding carboxylic acids is 2. The largest absolute Gasteiger partial charge is 0.461 e. The number of amides is 1. The Morgan fingerprint density at radius 2 is 1.97 bits per heavy atom. The maximum Gasteiger partial charge on any atom is 0.354 e. The van der Waals surface area contributed by atoms with E-state index >= 15 is 0 Å². The molecule has 2 N–H and O–H groups in total. The summed E-state index contributed by atoms with van der Waals surface area (Å²) in [6.07, 6.45) is 1.58. The molecule has 8 heteroatoms. The highest BCUT2D eigenvalue weighted by Crippen LogP contribution is 2.30. The summed E-state index contributed by atoms with van der Waals surface area (Å²) in [5.41, 5.74) is 9.81. The number of anilines is 1. The van der Waals surface area contributed by atoms with Crippen LogP contribution < -0.4 is 10.6 Å². The van der Waals surface area contributed by atoms with Crippen molar-refractivity contribution in [2.45, 2.75) is 33.6 Å². The lowest BCUT2D eigenvalue weighted by molar-refractivity contribution is -0.138. The second kappa shape index (κ2) is 10.2. The molecule has 1 amide bonds. The molecule has 2 aliphatic rings. The smallest absolute Gasteiger partial charge is 0.354 e. The Kier molecular flexibility index (Phi) is 7.59. The van der Waals surface area contributed by atoms with Crippen molar-refractivity contribution in [3.63, 3.8) is 0 Å². The zero-order chi connectivity index (χ0) is 22.5. The van der Waals surface area contributed by atoms with Gasteiger partial charge in [-0.15, -0.1) is 0 Å². The minimum absolute atomic E-state index is 0.0106. The van der Waals surface area contributed by atoms with Gasteiger partial charge in [-0.2, -0.15) is 0 Å². The number of nitrogens with two attached hydrogens (primary N) is 1. The number of aliphatic imine (C=N–C) groups is 1. The van der Waals surface area contributed by atoms with E-state index < -0.39 is 5.97 Å². The molecule has 1 heterocycles. The lowest BCUT2D eigenvalue weighted by Crippen LogP contribution is -2.49. The number of piperazine rings is 1. The fourth-order valence-electron chi connectivity index (χ4n) is 4.22. The Labute approximate surface area is 188 Å². The summed E-state index contributed by atoms with van der Waals surface area (Å²) in [6, 6.07) is 5.91. The third-order valence-corrected chi connectivity index (χ3v) is 6.43. The molecule has 1 aliphatic heterocycles. The van der Waals surface area contributed by atoms with Crippen LogP contribution in [0.25, 0.3) is 0 Å². The van der Waals surface area contributed by atoms with Gasteiger partial charge in [-0.05, 0) is 50.3 Å². The molecule has 1 unspecified atom stereocenters. The van der Waals surface area contributed by atoms with Crippen LogP contribution in [0.15, 0.2) is 34.5 Å². The first-order chi connectivity index (χ1) is 14.8. The summed E-state index contributed by atoms with van der Waals surface area (Å²) < 4.78 is 5.03. The number of allylic oxidation sites excluding steroid dienone is 1. The molecule has 0 spiro atoms. The van der Waals surface area contributed by atoms with Gasteiger partial charge in [-0.3, -0.25) is 9.79 Å². The van der Waals surface area contributed by atoms with Crippen LogP contribution in [-0.2, 0) is 14.3 Å². The highest BCUT2D eigenvalue weighted by Gasteiger charge is 2.29. The minimum Gasteiger partial charge on any atom is -0.461 e. The fourth-order valence-corrected chi connectivity index (χ4v) is 4.39. The Balaban J connectivity index is 1.62. The Bertz CT molecular complexity index is 904. The van der Waals surface area contributed by atoms with Crippen LogP contribution in [0.5, 0.6) is 0 Å². The van der Waals surface area contributed by atoms with Crippen molar-refractivity contribution < 1.29 is 14.3 Å². The van der Waals surface area contributed by atoms with Crippen molar-refractivity contribution in [1.82, 2.24) is 4.90 Å². The summed E-state index contributed by atoms with van der Waals surface area (Å²) in [7, 11) is 0. The molecular formula is C23H31ClN4O3. The molecule has 1 aromatic rings. The van der Waals surface area contributed by atoms with E-state index in [2.05, 4.69) is 16.0 Å². The van der Waals surface area contributed by atoms with Crippen molar-refractivity contribution in [2.75, 3.05) is 44.2 Å². The molecule has 7 nitrogen and oxygen atoms in total. The topological polar surface area (TPSA) is 88.2 Å². The van der Waals surface area contributed by atoms with E-state index in [1.165, 1.54) is 0 Å². The summed E-state index contributed by atoms with van der Waals surface area (Å²) >= 11 is 6.25. The number of hydrogen-bond donors (Lipinski definition) is 1. The van der Waals surface area contributed by atoms with Gasteiger partial charge in [0.05, 0.1) is 6.61 Å². The predicted molar refractivity (Wildman–Crippen MR) is 124 cm³/mol. The second-order valence-electron chi connectivity index (χ2n) is 8.00. The van der Waals surface area contributed by atoms with E-state index in [1.807, 2.05) is 30.9 Å². The molecule has 1 atom stereocenters. The van der Waals surface area contributed by atoms with Gasteiger partial charge in [0.15, 0.2) is 0 Å². The highest BCUT2D eigenvalue weighted by molar-refractivity contribution is 6.31. The van der Waals surface area contributed by atoms with E-state index in [-0.39, 0.29) is 30.7 Å². The Morgan fingerprint density at radius 1 is 1.26 bits per heavy atom. The van der Waals surface area contributed by atoms with Gasteiger partial charge in [-0.1, -0.05) is 24.6 Å². The van der Waals surface area contributed by atoms with Gasteiger partial charge < -0.3 is 20.3 Å². The fraction of sp³-hybridized carbons (Fsp3) is 0.522. The number of rotatable bonds is 5. The molecule has 0 radical (unpaired) electrons. The molecule has 1 aliphatic carbocycles. The zero-order valence-corrected chi connectivity index (χ0v) is 19.2. The highest BCUT2D eigenvalue weighted by atomic mass is 35.5. The Hall–Kier alpha value is -2.54. The molecule has 1 aromatic carbocycles. The van der Waals surface area contributed by atoms with Crippen LogP contribution in [0.2, 0.25) is 5.02 Å². The van der Waals surface area contributed by atoms with Gasteiger partial charge in [0.1, 0.15) is 12.2 Å². The van der Waals surface area contributed by atoms with E-state index in [1.54, 1.807) is 6.92 Å². The second-order valence-corrected chi connectivity index (χ2v) is 8.41. The van der Waals surface area contributed by atoms with Crippen molar-refractivity contribution in [3.8, 4) is 0 Å². The van der Waals surface area contributed by atoms with Gasteiger partial charge in [0, 0.05) is 48.2 Å². The predicted octanol–water partition coefficient (Wildman–Crippen LogP) is 2.94. The first-order valence-electron chi connectivity index (χ1n) is 10.8. The quantitative estimate of drug-likeness (QED) is 0.555. The number of hydrogen-bond acceptors (Lipinski definition) is 6. The summed E-state index contributed by atoms with van der Waals surface area (Å²) in [5.74, 6) is -0.399. The first kappa shape index (κ1) is 23.1. The number of ether oxygens (including phenoxy) is 1. The molecular weight excluding hydrogens is 416 g/mol. The Morgan fingerprint density at radius 3 is 2.65 bits per heavy atom. The normalized spacial score (nSPS) is 22.1. The van der Waals surface area contributed by atoms with E-state index in [0.717, 1.165) is 47.1 Å². The molecule has 1 saturated heterocycles. The van der Waals surface area contributed by atoms with E-state index in [0.29, 0.717) is 19.5 Å². The zero-order valence-electron chi connectivity index (χ0n) is 18.5. The number of benzene rings is 1. The van der Waals surface area contributed by atoms with Crippen LogP contribution in [-0.4, -0.2) is 61.8 Å². The van der Waals surface area contributed by atoms with Crippen LogP contribution in [0, 0.1) is 12.8 Å². The molecule has 168 valence electrons. The van der Waals surface area contributed by atoms with Crippen molar-refractivity contribution >= 4 is 34.9 Å². The third kappa shape index (κ3) is 5.21. The standard InChI is InChI=1S/C23H31ClN4O3/c1-4-31-23(30)22(25)21-15(2)8-9-18(21)26-14-20(29)28-12-10-27(11-13-28)19-7-5-6-17(24)16(19)3/h5-7,15H,4,8-14,25H2,1-3H3/b22-21-,26-18?. The molecule has 31 heavy (non-hydrogen) atoms. The van der Waals surface area contributed by atoms with Crippen LogP contribution in [0.4, 0.5) is 5.69 Å². The van der Waals surface area contributed by atoms with Crippen molar-refractivity contribution in [1.29, 1.82) is 0 Å². The third-order valence-electron chi connectivity index (χ3n) is 6.02. The molecule has 0 aromatic heterocycles. The summed E-state index contributed by atoms with van der Waals surface area (Å²) in [4.78, 5) is 33.5. The average Bonchev–Trinajstić information content (AvgIpc) is 3.14. The minimum atomic E-state index is -0.516. The SMILES string of the molecule is CCOC(=O)/C(N)=C1/C(=NCC(=O)N2CCN(c3cccc(Cl)c3C)CC2)CCC1C. The lowest BCUT2D eigenvalue weighted by Gasteiger charge is -2.36. The van der Waals surface area contributed by atoms with Gasteiger partial charge in [0.2, 0.25) is 5.91 Å². The van der Waals surface area contributed by atoms with Gasteiger partial charge in [0.25, 0.3) is 0 Å². The monoisotopic (exact) mass is 446 g/mol. The number of nitrogens with zero attached hydrogens (tertiary/aromatic N) is 3. The first-order valence-corrected chi connectivity index (χ1v) is 11.2. The van der Waals surface area contributed by atoms with Crippen molar-refractivity contribution in [3.05, 3.63) is 40.1 Å². The van der Waals surface area contributed by atoms with Gasteiger partial charge in [-0.25, -0.2) is 4.79 Å². The molecule has 1 saturated carbocycles. The summed E-state index contributed by atoms with van der Waals surface area (Å²) in [6.45, 7) is 8.89. The van der Waals surface area contributed by atoms with Crippen LogP contribution in [0.3, 0.4) is 0 Å². The average molecular weight is 447 g/mol. The molecule has 0 bridgehead atoms. The maximum atomic E-state index is 12.8. The number of carbonyl (C=O) groups is 2. The lowest BCUT2D eigenvalue weighted by atomic mass is 10.0. The van der Waals surface area contributed by atoms with Crippen LogP contribution in [0.1, 0.15) is 32.3 Å². The number of esters is 1. The maximum absolute atomic E-state index is 12.8. The molecule has 3 rings (SSSR count).